The standard InChI is InChI=1S/C22H24FN3OS/c1-22(2,3)12-19(27)24-18-6-4-5-17-20(18)28-25-21(17)26-10-9-14-11-16(23)8-7-15(14)13-26/h4-8,11H,9-10,12-13H2,1-3H3,(H,24,27). The van der Waals surface area contributed by atoms with Gasteiger partial charge in [-0.2, -0.15) is 4.37 Å². The first-order valence-electron chi connectivity index (χ1n) is 9.51. The minimum absolute atomic E-state index is 0.0175. The molecule has 4 nitrogen and oxygen atoms in total. The SMILES string of the molecule is CC(C)(C)CC(=O)Nc1cccc2c(N3CCc4cc(F)ccc4C3)nsc12. The highest BCUT2D eigenvalue weighted by atomic mass is 32.1. The fourth-order valence-corrected chi connectivity index (χ4v) is 4.52. The quantitative estimate of drug-likeness (QED) is 0.646. The maximum atomic E-state index is 13.5. The first-order valence-corrected chi connectivity index (χ1v) is 10.3. The molecule has 1 N–H and O–H groups in total. The number of fused-ring (bicyclic) bond motifs is 2. The highest BCUT2D eigenvalue weighted by Crippen LogP contribution is 2.37. The number of amides is 1. The second-order valence-corrected chi connectivity index (χ2v) is 9.33. The third kappa shape index (κ3) is 3.87. The second kappa shape index (κ2) is 7.17. The number of benzene rings is 2. The van der Waals surface area contributed by atoms with E-state index in [0.29, 0.717) is 6.42 Å². The number of halogens is 1. The summed E-state index contributed by atoms with van der Waals surface area (Å²) in [5.41, 5.74) is 2.97. The molecular weight excluding hydrogens is 373 g/mol. The number of rotatable bonds is 3. The molecule has 0 radical (unpaired) electrons. The summed E-state index contributed by atoms with van der Waals surface area (Å²) in [7, 11) is 0. The van der Waals surface area contributed by atoms with Crippen molar-refractivity contribution < 1.29 is 9.18 Å². The van der Waals surface area contributed by atoms with E-state index in [-0.39, 0.29) is 17.1 Å². The van der Waals surface area contributed by atoms with Crippen molar-refractivity contribution in [3.05, 3.63) is 53.3 Å². The molecule has 0 bridgehead atoms. The van der Waals surface area contributed by atoms with E-state index in [1.165, 1.54) is 17.6 Å². The highest BCUT2D eigenvalue weighted by Gasteiger charge is 2.22. The van der Waals surface area contributed by atoms with Gasteiger partial charge in [0.15, 0.2) is 5.82 Å². The van der Waals surface area contributed by atoms with Crippen molar-refractivity contribution in [2.24, 2.45) is 5.41 Å². The van der Waals surface area contributed by atoms with Crippen LogP contribution in [0.25, 0.3) is 10.1 Å². The first-order chi connectivity index (χ1) is 13.3. The van der Waals surface area contributed by atoms with Crippen LogP contribution in [0.2, 0.25) is 0 Å². The maximum absolute atomic E-state index is 13.5. The van der Waals surface area contributed by atoms with E-state index in [1.807, 2.05) is 24.3 Å². The Kier molecular flexibility index (Phi) is 4.83. The number of aromatic nitrogens is 1. The molecule has 1 aliphatic rings. The van der Waals surface area contributed by atoms with Gasteiger partial charge in [0.1, 0.15) is 5.82 Å². The maximum Gasteiger partial charge on any atom is 0.224 e. The highest BCUT2D eigenvalue weighted by molar-refractivity contribution is 7.14. The molecule has 4 rings (SSSR count). The molecule has 0 unspecified atom stereocenters. The second-order valence-electron chi connectivity index (χ2n) is 8.56. The van der Waals surface area contributed by atoms with Gasteiger partial charge in [-0.1, -0.05) is 32.9 Å². The monoisotopic (exact) mass is 397 g/mol. The van der Waals surface area contributed by atoms with E-state index < -0.39 is 0 Å². The summed E-state index contributed by atoms with van der Waals surface area (Å²) in [4.78, 5) is 14.6. The molecule has 28 heavy (non-hydrogen) atoms. The predicted molar refractivity (Wildman–Crippen MR) is 113 cm³/mol. The molecule has 0 saturated carbocycles. The normalized spacial score (nSPS) is 14.2. The first kappa shape index (κ1) is 18.9. The zero-order valence-electron chi connectivity index (χ0n) is 16.4. The van der Waals surface area contributed by atoms with Crippen molar-refractivity contribution in [2.75, 3.05) is 16.8 Å². The Hall–Kier alpha value is -2.47. The van der Waals surface area contributed by atoms with Gasteiger partial charge in [0.05, 0.1) is 10.4 Å². The molecule has 0 aliphatic carbocycles. The van der Waals surface area contributed by atoms with Gasteiger partial charge < -0.3 is 10.2 Å². The van der Waals surface area contributed by atoms with Crippen LogP contribution >= 0.6 is 11.5 Å². The summed E-state index contributed by atoms with van der Waals surface area (Å²) < 4.78 is 19.2. The van der Waals surface area contributed by atoms with Gasteiger partial charge >= 0.3 is 0 Å². The topological polar surface area (TPSA) is 45.2 Å². The van der Waals surface area contributed by atoms with Crippen LogP contribution in [-0.2, 0) is 17.8 Å². The lowest BCUT2D eigenvalue weighted by Crippen LogP contribution is -2.30. The van der Waals surface area contributed by atoms with Crippen LogP contribution in [-0.4, -0.2) is 16.8 Å². The van der Waals surface area contributed by atoms with Crippen molar-refractivity contribution in [1.29, 1.82) is 0 Å². The largest absolute Gasteiger partial charge is 0.351 e. The van der Waals surface area contributed by atoms with Crippen LogP contribution in [0.4, 0.5) is 15.9 Å². The van der Waals surface area contributed by atoms with Crippen LogP contribution in [0.15, 0.2) is 36.4 Å². The number of nitrogens with one attached hydrogen (secondary N) is 1. The Bertz CT molecular complexity index is 1040. The molecule has 0 saturated heterocycles. The van der Waals surface area contributed by atoms with Gasteiger partial charge in [0.2, 0.25) is 5.91 Å². The zero-order chi connectivity index (χ0) is 19.9. The smallest absolute Gasteiger partial charge is 0.224 e. The van der Waals surface area contributed by atoms with Crippen molar-refractivity contribution in [3.63, 3.8) is 0 Å². The van der Waals surface area contributed by atoms with Crippen LogP contribution < -0.4 is 10.2 Å². The molecule has 0 atom stereocenters. The van der Waals surface area contributed by atoms with Crippen molar-refractivity contribution in [1.82, 2.24) is 4.37 Å². The summed E-state index contributed by atoms with van der Waals surface area (Å²) in [6.45, 7) is 7.68. The molecule has 0 spiro atoms. The number of nitrogens with zero attached hydrogens (tertiary/aromatic N) is 2. The molecule has 2 aromatic carbocycles. The van der Waals surface area contributed by atoms with Gasteiger partial charge in [-0.15, -0.1) is 0 Å². The molecular formula is C22H24FN3OS. The summed E-state index contributed by atoms with van der Waals surface area (Å²) in [5.74, 6) is 0.771. The zero-order valence-corrected chi connectivity index (χ0v) is 17.2. The Balaban J connectivity index is 1.60. The Labute approximate surface area is 168 Å². The van der Waals surface area contributed by atoms with Gasteiger partial charge in [-0.3, -0.25) is 4.79 Å². The molecule has 6 heteroatoms. The Morgan fingerprint density at radius 2 is 2.07 bits per heavy atom. The van der Waals surface area contributed by atoms with Crippen LogP contribution in [0.1, 0.15) is 38.3 Å². The molecule has 0 fully saturated rings. The summed E-state index contributed by atoms with van der Waals surface area (Å²) in [6, 6.07) is 11.0. The van der Waals surface area contributed by atoms with Crippen LogP contribution in [0.5, 0.6) is 0 Å². The third-order valence-corrected chi connectivity index (χ3v) is 5.81. The van der Waals surface area contributed by atoms with Crippen molar-refractivity contribution in [2.45, 2.75) is 40.2 Å². The average Bonchev–Trinajstić information content (AvgIpc) is 3.05. The lowest BCUT2D eigenvalue weighted by molar-refractivity contribution is -0.117. The van der Waals surface area contributed by atoms with Gasteiger partial charge in [-0.05, 0) is 58.8 Å². The number of anilines is 2. The number of carbonyl (C=O) groups excluding carboxylic acids is 1. The van der Waals surface area contributed by atoms with Crippen molar-refractivity contribution >= 4 is 39.0 Å². The minimum atomic E-state index is -0.179. The molecule has 1 aromatic heterocycles. The minimum Gasteiger partial charge on any atom is -0.351 e. The molecule has 2 heterocycles. The van der Waals surface area contributed by atoms with E-state index in [4.69, 9.17) is 4.37 Å². The summed E-state index contributed by atoms with van der Waals surface area (Å²) >= 11 is 1.41. The van der Waals surface area contributed by atoms with E-state index in [0.717, 1.165) is 52.2 Å². The summed E-state index contributed by atoms with van der Waals surface area (Å²) in [6.07, 6.45) is 1.27. The van der Waals surface area contributed by atoms with Crippen molar-refractivity contribution in [3.8, 4) is 0 Å². The molecule has 1 amide bonds. The number of hydrogen-bond donors (Lipinski definition) is 1. The fourth-order valence-electron chi connectivity index (χ4n) is 3.65. The number of hydrogen-bond acceptors (Lipinski definition) is 4. The Morgan fingerprint density at radius 3 is 2.86 bits per heavy atom. The van der Waals surface area contributed by atoms with Crippen LogP contribution in [0.3, 0.4) is 0 Å². The predicted octanol–water partition coefficient (Wildman–Crippen LogP) is 5.37. The van der Waals surface area contributed by atoms with Gasteiger partial charge in [0.25, 0.3) is 0 Å². The molecule has 3 aromatic rings. The van der Waals surface area contributed by atoms with E-state index in [1.54, 1.807) is 6.07 Å². The van der Waals surface area contributed by atoms with Gasteiger partial charge in [-0.25, -0.2) is 4.39 Å². The van der Waals surface area contributed by atoms with Gasteiger partial charge in [0, 0.05) is 24.9 Å². The van der Waals surface area contributed by atoms with E-state index in [2.05, 4.69) is 31.0 Å². The van der Waals surface area contributed by atoms with E-state index >= 15 is 0 Å². The third-order valence-electron chi connectivity index (χ3n) is 4.92. The fraction of sp³-hybridized carbons (Fsp3) is 0.364. The van der Waals surface area contributed by atoms with Crippen LogP contribution in [0, 0.1) is 11.2 Å². The Morgan fingerprint density at radius 1 is 1.25 bits per heavy atom. The molecule has 1 aliphatic heterocycles. The van der Waals surface area contributed by atoms with E-state index in [9.17, 15) is 9.18 Å². The lowest BCUT2D eigenvalue weighted by Gasteiger charge is -2.29. The average molecular weight is 398 g/mol. The number of carbonyl (C=O) groups is 1. The summed E-state index contributed by atoms with van der Waals surface area (Å²) in [5, 5.41) is 4.10. The molecule has 146 valence electrons. The lowest BCUT2D eigenvalue weighted by atomic mass is 9.92.